The summed E-state index contributed by atoms with van der Waals surface area (Å²) in [4.78, 5) is 22.8. The Morgan fingerprint density at radius 2 is 2.15 bits per heavy atom. The van der Waals surface area contributed by atoms with E-state index in [9.17, 15) is 9.18 Å². The molecule has 1 aliphatic rings. The summed E-state index contributed by atoms with van der Waals surface area (Å²) >= 11 is 0. The van der Waals surface area contributed by atoms with Gasteiger partial charge in [-0.05, 0) is 30.5 Å². The Hall–Kier alpha value is -2.96. The van der Waals surface area contributed by atoms with Crippen molar-refractivity contribution in [1.29, 1.82) is 0 Å². The van der Waals surface area contributed by atoms with Gasteiger partial charge in [-0.3, -0.25) is 4.79 Å². The third-order valence-electron chi connectivity index (χ3n) is 4.86. The summed E-state index contributed by atoms with van der Waals surface area (Å²) in [5.74, 6) is 1.36. The van der Waals surface area contributed by atoms with Crippen LogP contribution in [0, 0.1) is 5.82 Å². The highest BCUT2D eigenvalue weighted by atomic mass is 19.1. The summed E-state index contributed by atoms with van der Waals surface area (Å²) in [6, 6.07) is 6.37. The average molecular weight is 368 g/mol. The van der Waals surface area contributed by atoms with Gasteiger partial charge in [-0.25, -0.2) is 14.4 Å². The zero-order valence-electron chi connectivity index (χ0n) is 14.9. The molecule has 6 nitrogen and oxygen atoms in total. The summed E-state index contributed by atoms with van der Waals surface area (Å²) in [5.41, 5.74) is 0.972. The number of halogens is 1. The molecule has 1 saturated heterocycles. The first-order valence-electron chi connectivity index (χ1n) is 9.10. The van der Waals surface area contributed by atoms with Crippen LogP contribution in [0.4, 0.5) is 4.39 Å². The largest absolute Gasteiger partial charge is 0.445 e. The lowest BCUT2D eigenvalue weighted by atomic mass is 9.98. The fourth-order valence-corrected chi connectivity index (χ4v) is 3.44. The zero-order valence-corrected chi connectivity index (χ0v) is 14.9. The number of aromatic nitrogens is 3. The molecule has 0 spiro atoms. The van der Waals surface area contributed by atoms with E-state index in [1.807, 2.05) is 4.90 Å². The van der Waals surface area contributed by atoms with Crippen molar-refractivity contribution in [3.05, 3.63) is 72.2 Å². The second kappa shape index (κ2) is 7.73. The van der Waals surface area contributed by atoms with Gasteiger partial charge < -0.3 is 13.9 Å². The van der Waals surface area contributed by atoms with Crippen molar-refractivity contribution >= 4 is 5.91 Å². The first-order valence-corrected chi connectivity index (χ1v) is 9.10. The molecule has 0 saturated carbocycles. The van der Waals surface area contributed by atoms with Gasteiger partial charge >= 0.3 is 0 Å². The molecular weight excluding hydrogens is 347 g/mol. The molecule has 27 heavy (non-hydrogen) atoms. The van der Waals surface area contributed by atoms with Gasteiger partial charge in [0.1, 0.15) is 18.1 Å². The lowest BCUT2D eigenvalue weighted by molar-refractivity contribution is -0.133. The molecule has 4 rings (SSSR count). The molecule has 1 atom stereocenters. The van der Waals surface area contributed by atoms with Crippen molar-refractivity contribution in [1.82, 2.24) is 19.4 Å². The Morgan fingerprint density at radius 1 is 1.30 bits per heavy atom. The van der Waals surface area contributed by atoms with Gasteiger partial charge in [0.25, 0.3) is 0 Å². The number of benzene rings is 1. The zero-order chi connectivity index (χ0) is 18.6. The molecule has 1 amide bonds. The summed E-state index contributed by atoms with van der Waals surface area (Å²) in [6.45, 7) is 1.67. The molecule has 3 heterocycles. The molecule has 0 radical (unpaired) electrons. The number of carbonyl (C=O) groups is 1. The smallest absolute Gasteiger partial charge is 0.242 e. The van der Waals surface area contributed by atoms with Crippen molar-refractivity contribution in [2.45, 2.75) is 31.7 Å². The fraction of sp³-hybridized carbons (Fsp3) is 0.350. The van der Waals surface area contributed by atoms with E-state index in [1.165, 1.54) is 12.1 Å². The topological polar surface area (TPSA) is 64.2 Å². The van der Waals surface area contributed by atoms with Crippen LogP contribution in [0.5, 0.6) is 0 Å². The van der Waals surface area contributed by atoms with E-state index in [1.54, 1.807) is 41.6 Å². The van der Waals surface area contributed by atoms with E-state index < -0.39 is 0 Å². The van der Waals surface area contributed by atoms with Gasteiger partial charge in [-0.2, -0.15) is 0 Å². The van der Waals surface area contributed by atoms with Gasteiger partial charge in [0, 0.05) is 31.9 Å². The normalized spacial score (nSPS) is 17.2. The van der Waals surface area contributed by atoms with Gasteiger partial charge in [-0.15, -0.1) is 0 Å². The van der Waals surface area contributed by atoms with Gasteiger partial charge in [0.05, 0.1) is 18.4 Å². The molecule has 0 aliphatic carbocycles. The Kier molecular flexibility index (Phi) is 5.00. The molecule has 1 aromatic carbocycles. The van der Waals surface area contributed by atoms with E-state index in [0.717, 1.165) is 30.7 Å². The molecule has 7 heteroatoms. The van der Waals surface area contributed by atoms with Crippen LogP contribution >= 0.6 is 0 Å². The maximum absolute atomic E-state index is 13.0. The second-order valence-electron chi connectivity index (χ2n) is 6.88. The van der Waals surface area contributed by atoms with Crippen molar-refractivity contribution < 1.29 is 13.6 Å². The number of piperidine rings is 1. The third kappa shape index (κ3) is 4.24. The van der Waals surface area contributed by atoms with Crippen LogP contribution in [0.3, 0.4) is 0 Å². The van der Waals surface area contributed by atoms with Crippen molar-refractivity contribution in [3.63, 3.8) is 0 Å². The minimum Gasteiger partial charge on any atom is -0.445 e. The van der Waals surface area contributed by atoms with E-state index in [-0.39, 0.29) is 17.6 Å². The summed E-state index contributed by atoms with van der Waals surface area (Å²) < 4.78 is 20.7. The summed E-state index contributed by atoms with van der Waals surface area (Å²) in [5, 5.41) is 0. The molecule has 0 unspecified atom stereocenters. The minimum atomic E-state index is -0.250. The summed E-state index contributed by atoms with van der Waals surface area (Å²) in [7, 11) is 0. The lowest BCUT2D eigenvalue weighted by Crippen LogP contribution is -2.40. The number of rotatable bonds is 5. The van der Waals surface area contributed by atoms with Crippen LogP contribution in [-0.4, -0.2) is 38.4 Å². The molecule has 2 aromatic heterocycles. The first kappa shape index (κ1) is 17.5. The van der Waals surface area contributed by atoms with Crippen molar-refractivity contribution in [2.75, 3.05) is 13.1 Å². The Balaban J connectivity index is 1.39. The molecule has 1 fully saturated rings. The van der Waals surface area contributed by atoms with Crippen LogP contribution in [0.25, 0.3) is 0 Å². The number of likely N-dealkylation sites (tertiary alicyclic amines) is 1. The molecular formula is C20H21FN4O2. The van der Waals surface area contributed by atoms with E-state index >= 15 is 0 Å². The van der Waals surface area contributed by atoms with Crippen LogP contribution in [-0.2, 0) is 17.8 Å². The highest BCUT2D eigenvalue weighted by Gasteiger charge is 2.27. The third-order valence-corrected chi connectivity index (χ3v) is 4.86. The van der Waals surface area contributed by atoms with Gasteiger partial charge in [0.15, 0.2) is 5.89 Å². The second-order valence-corrected chi connectivity index (χ2v) is 6.88. The molecule has 1 aliphatic heterocycles. The number of imidazole rings is 1. The minimum absolute atomic E-state index is 0.0794. The van der Waals surface area contributed by atoms with E-state index in [2.05, 4.69) is 9.97 Å². The highest BCUT2D eigenvalue weighted by Crippen LogP contribution is 2.27. The first-order chi connectivity index (χ1) is 13.2. The summed E-state index contributed by atoms with van der Waals surface area (Å²) in [6.07, 6.45) is 9.28. The molecule has 3 aromatic rings. The number of nitrogens with zero attached hydrogens (tertiary/aromatic N) is 4. The van der Waals surface area contributed by atoms with Crippen molar-refractivity contribution in [2.24, 2.45) is 0 Å². The maximum atomic E-state index is 13.0. The number of amides is 1. The number of hydrogen-bond acceptors (Lipinski definition) is 4. The van der Waals surface area contributed by atoms with E-state index in [4.69, 9.17) is 4.42 Å². The Labute approximate surface area is 156 Å². The quantitative estimate of drug-likeness (QED) is 0.694. The highest BCUT2D eigenvalue weighted by molar-refractivity contribution is 5.76. The molecule has 0 N–H and O–H groups in total. The monoisotopic (exact) mass is 368 g/mol. The fourth-order valence-electron chi connectivity index (χ4n) is 3.44. The van der Waals surface area contributed by atoms with Gasteiger partial charge in [-0.1, -0.05) is 12.1 Å². The van der Waals surface area contributed by atoms with Crippen LogP contribution < -0.4 is 0 Å². The SMILES string of the molecule is O=C(Cn1ccnc1)N1CCC[C@H](c2ncc(Cc3ccc(F)cc3)o2)C1. The molecule has 0 bridgehead atoms. The Bertz CT molecular complexity index is 889. The van der Waals surface area contributed by atoms with Crippen LogP contribution in [0.1, 0.15) is 36.0 Å². The number of hydrogen-bond donors (Lipinski definition) is 0. The predicted molar refractivity (Wildman–Crippen MR) is 96.5 cm³/mol. The maximum Gasteiger partial charge on any atom is 0.242 e. The Morgan fingerprint density at radius 3 is 2.93 bits per heavy atom. The predicted octanol–water partition coefficient (Wildman–Crippen LogP) is 3.01. The standard InChI is InChI=1S/C20H21FN4O2/c21-17-5-3-15(4-6-17)10-18-11-23-20(27-18)16-2-1-8-25(12-16)19(26)13-24-9-7-22-14-24/h3-7,9,11,14,16H,1-2,8,10,12-13H2/t16-/m0/s1. The number of oxazole rings is 1. The van der Waals surface area contributed by atoms with Crippen molar-refractivity contribution in [3.8, 4) is 0 Å². The number of carbonyl (C=O) groups excluding carboxylic acids is 1. The van der Waals surface area contributed by atoms with Crippen LogP contribution in [0.15, 0.2) is 53.6 Å². The lowest BCUT2D eigenvalue weighted by Gasteiger charge is -2.31. The average Bonchev–Trinajstić information content (AvgIpc) is 3.36. The van der Waals surface area contributed by atoms with E-state index in [0.29, 0.717) is 25.4 Å². The molecule has 140 valence electrons. The van der Waals surface area contributed by atoms with Crippen LogP contribution in [0.2, 0.25) is 0 Å². The van der Waals surface area contributed by atoms with Gasteiger partial charge in [0.2, 0.25) is 5.91 Å².